The highest BCUT2D eigenvalue weighted by Gasteiger charge is 2.43. The maximum absolute atomic E-state index is 5.81. The van der Waals surface area contributed by atoms with Crippen LogP contribution in [0, 0.1) is 5.41 Å². The zero-order chi connectivity index (χ0) is 15.6. The second kappa shape index (κ2) is 10.7. The minimum atomic E-state index is -1.73. The van der Waals surface area contributed by atoms with Crippen molar-refractivity contribution < 1.29 is 13.3 Å². The molecule has 0 radical (unpaired) electrons. The quantitative estimate of drug-likeness (QED) is 0.550. The van der Waals surface area contributed by atoms with E-state index in [0.717, 1.165) is 13.1 Å². The fourth-order valence-corrected chi connectivity index (χ4v) is 3.13. The van der Waals surface area contributed by atoms with E-state index in [9.17, 15) is 0 Å². The first kappa shape index (κ1) is 20.0. The van der Waals surface area contributed by atoms with E-state index < -0.39 is 9.53 Å². The lowest BCUT2D eigenvalue weighted by Gasteiger charge is -2.48. The molecule has 6 nitrogen and oxygen atoms in total. The predicted molar refractivity (Wildman–Crippen MR) is 84.6 cm³/mol. The molecule has 0 aromatic heterocycles. The van der Waals surface area contributed by atoms with E-state index >= 15 is 0 Å². The Hall–Kier alpha value is -0.0231. The first-order chi connectivity index (χ1) is 9.44. The lowest BCUT2D eigenvalue weighted by atomic mass is 9.71. The molecule has 122 valence electrons. The molecule has 1 rings (SSSR count). The van der Waals surface area contributed by atoms with Crippen molar-refractivity contribution in [3.8, 4) is 0 Å². The van der Waals surface area contributed by atoms with Gasteiger partial charge >= 0.3 is 9.53 Å². The van der Waals surface area contributed by atoms with E-state index in [4.69, 9.17) is 24.7 Å². The van der Waals surface area contributed by atoms with Crippen LogP contribution in [0.2, 0.25) is 0 Å². The van der Waals surface area contributed by atoms with Crippen LogP contribution in [-0.4, -0.2) is 54.5 Å². The van der Waals surface area contributed by atoms with E-state index in [0.29, 0.717) is 19.8 Å². The monoisotopic (exact) mass is 307 g/mol. The van der Waals surface area contributed by atoms with E-state index in [1.807, 2.05) is 34.6 Å². The number of hydrogen-bond acceptors (Lipinski definition) is 6. The van der Waals surface area contributed by atoms with Gasteiger partial charge in [0.2, 0.25) is 0 Å². The normalized spacial score (nSPS) is 19.8. The van der Waals surface area contributed by atoms with Gasteiger partial charge in [0.1, 0.15) is 0 Å². The fourth-order valence-electron chi connectivity index (χ4n) is 2.02. The molecule has 1 fully saturated rings. The van der Waals surface area contributed by atoms with Gasteiger partial charge in [0.05, 0.1) is 0 Å². The maximum Gasteiger partial charge on any atom is 0.484 e. The third kappa shape index (κ3) is 6.17. The molecule has 0 aromatic carbocycles. The minimum Gasteiger partial charge on any atom is -0.376 e. The number of nitrogens with one attached hydrogen (secondary N) is 1. The van der Waals surface area contributed by atoms with Gasteiger partial charge in [-0.15, -0.1) is 0 Å². The third-order valence-electron chi connectivity index (χ3n) is 3.63. The van der Waals surface area contributed by atoms with Gasteiger partial charge < -0.3 is 30.1 Å². The van der Waals surface area contributed by atoms with Gasteiger partial charge in [-0.25, -0.2) is 0 Å². The zero-order valence-electron chi connectivity index (χ0n) is 13.6. The molecule has 7 heteroatoms. The number of nitrogens with two attached hydrogens (primary N) is 2. The summed E-state index contributed by atoms with van der Waals surface area (Å²) in [6, 6.07) is 0.405. The Morgan fingerprint density at radius 3 is 1.40 bits per heavy atom. The van der Waals surface area contributed by atoms with Crippen molar-refractivity contribution in [2.75, 3.05) is 32.9 Å². The van der Waals surface area contributed by atoms with Crippen LogP contribution in [0.4, 0.5) is 0 Å². The largest absolute Gasteiger partial charge is 0.484 e. The maximum atomic E-state index is 5.81. The molecule has 1 heterocycles. The molecule has 1 saturated heterocycles. The van der Waals surface area contributed by atoms with E-state index in [1.165, 1.54) is 0 Å². The average Bonchev–Trinajstić information content (AvgIpc) is 2.28. The van der Waals surface area contributed by atoms with Gasteiger partial charge in [0, 0.05) is 50.4 Å². The lowest BCUT2D eigenvalue weighted by molar-refractivity contribution is 0.104. The van der Waals surface area contributed by atoms with Crippen molar-refractivity contribution in [3.63, 3.8) is 0 Å². The second-order valence-corrected chi connectivity index (χ2v) is 6.65. The Kier molecular flexibility index (Phi) is 10.7. The van der Waals surface area contributed by atoms with Gasteiger partial charge in [0.15, 0.2) is 0 Å². The average molecular weight is 308 g/mol. The number of rotatable bonds is 8. The van der Waals surface area contributed by atoms with Crippen LogP contribution in [-0.2, 0) is 13.3 Å². The van der Waals surface area contributed by atoms with Crippen molar-refractivity contribution in [1.82, 2.24) is 5.32 Å². The zero-order valence-corrected chi connectivity index (χ0v) is 14.8. The molecular weight excluding hydrogens is 274 g/mol. The van der Waals surface area contributed by atoms with Crippen LogP contribution in [0.3, 0.4) is 0 Å². The van der Waals surface area contributed by atoms with Gasteiger partial charge in [-0.2, -0.15) is 0 Å². The predicted octanol–water partition coefficient (Wildman–Crippen LogP) is 0.0835. The standard InChI is InChI=1S/C7H17N3.C6H16O3Si/c1-5(8)7(6(2)9)3-10-4-7;1-4-7-10(8-5-2)9-6-3/h5-6,10H,3-4,8-9H2,1-2H3;10H,4-6H2,1-3H3. The van der Waals surface area contributed by atoms with Gasteiger partial charge in [-0.3, -0.25) is 0 Å². The summed E-state index contributed by atoms with van der Waals surface area (Å²) in [7, 11) is -1.73. The molecule has 0 aliphatic carbocycles. The van der Waals surface area contributed by atoms with Crippen LogP contribution in [0.25, 0.3) is 0 Å². The SMILES string of the molecule is CC(N)C1(C(C)N)CNC1.CCO[SiH](OCC)OCC. The number of hydrogen-bond donors (Lipinski definition) is 3. The molecule has 2 atom stereocenters. The Morgan fingerprint density at radius 2 is 1.30 bits per heavy atom. The Morgan fingerprint density at radius 1 is 0.950 bits per heavy atom. The van der Waals surface area contributed by atoms with E-state index in [1.54, 1.807) is 0 Å². The minimum absolute atomic E-state index is 0.167. The van der Waals surface area contributed by atoms with Crippen LogP contribution in [0.1, 0.15) is 34.6 Å². The lowest BCUT2D eigenvalue weighted by Crippen LogP contribution is -2.68. The first-order valence-electron chi connectivity index (χ1n) is 7.51. The van der Waals surface area contributed by atoms with Crippen LogP contribution in [0.5, 0.6) is 0 Å². The molecule has 2 unspecified atom stereocenters. The molecule has 0 amide bonds. The smallest absolute Gasteiger partial charge is 0.376 e. The summed E-state index contributed by atoms with van der Waals surface area (Å²) in [5.74, 6) is 0. The van der Waals surface area contributed by atoms with Crippen molar-refractivity contribution in [1.29, 1.82) is 0 Å². The summed E-state index contributed by atoms with van der Waals surface area (Å²) in [5, 5.41) is 3.20. The Balaban J connectivity index is 0.000000361. The summed E-state index contributed by atoms with van der Waals surface area (Å²) in [6.45, 7) is 13.9. The first-order valence-corrected chi connectivity index (χ1v) is 8.92. The van der Waals surface area contributed by atoms with E-state index in [-0.39, 0.29) is 17.5 Å². The molecular formula is C13H33N3O3Si. The highest BCUT2D eigenvalue weighted by Crippen LogP contribution is 2.28. The summed E-state index contributed by atoms with van der Waals surface area (Å²) < 4.78 is 15.7. The van der Waals surface area contributed by atoms with Crippen molar-refractivity contribution >= 4 is 9.53 Å². The Bertz CT molecular complexity index is 215. The summed E-state index contributed by atoms with van der Waals surface area (Å²) in [4.78, 5) is 0. The van der Waals surface area contributed by atoms with Crippen LogP contribution < -0.4 is 16.8 Å². The summed E-state index contributed by atoms with van der Waals surface area (Å²) >= 11 is 0. The highest BCUT2D eigenvalue weighted by atomic mass is 28.3. The Labute approximate surface area is 125 Å². The summed E-state index contributed by atoms with van der Waals surface area (Å²) in [6.07, 6.45) is 0. The summed E-state index contributed by atoms with van der Waals surface area (Å²) in [5.41, 5.74) is 11.8. The molecule has 0 bridgehead atoms. The molecule has 1 aliphatic heterocycles. The van der Waals surface area contributed by atoms with Crippen molar-refractivity contribution in [2.24, 2.45) is 16.9 Å². The van der Waals surface area contributed by atoms with Gasteiger partial charge in [0.25, 0.3) is 0 Å². The molecule has 0 spiro atoms. The topological polar surface area (TPSA) is 91.8 Å². The molecule has 0 aromatic rings. The van der Waals surface area contributed by atoms with Gasteiger partial charge in [-0.1, -0.05) is 0 Å². The molecule has 0 saturated carbocycles. The van der Waals surface area contributed by atoms with E-state index in [2.05, 4.69) is 5.32 Å². The van der Waals surface area contributed by atoms with Crippen molar-refractivity contribution in [3.05, 3.63) is 0 Å². The van der Waals surface area contributed by atoms with Gasteiger partial charge in [-0.05, 0) is 34.6 Å². The molecule has 20 heavy (non-hydrogen) atoms. The highest BCUT2D eigenvalue weighted by molar-refractivity contribution is 6.36. The van der Waals surface area contributed by atoms with Crippen LogP contribution in [0.15, 0.2) is 0 Å². The second-order valence-electron chi connectivity index (χ2n) is 5.07. The fraction of sp³-hybridized carbons (Fsp3) is 1.00. The molecule has 1 aliphatic rings. The van der Waals surface area contributed by atoms with Crippen LogP contribution >= 0.6 is 0 Å². The third-order valence-corrected chi connectivity index (χ3v) is 5.45. The van der Waals surface area contributed by atoms with Crippen molar-refractivity contribution in [2.45, 2.75) is 46.7 Å². The molecule has 5 N–H and O–H groups in total.